The average Bonchev–Trinajstić information content (AvgIpc) is 2.44. The normalized spacial score (nSPS) is 10.6. The van der Waals surface area contributed by atoms with E-state index < -0.39 is 14.0 Å². The van der Waals surface area contributed by atoms with Gasteiger partial charge in [0.1, 0.15) is 8.07 Å². The lowest BCUT2D eigenvalue weighted by Gasteiger charge is -2.09. The van der Waals surface area contributed by atoms with Crippen LogP contribution in [0.4, 0.5) is 0 Å². The lowest BCUT2D eigenvalue weighted by atomic mass is 9.96. The third-order valence-electron chi connectivity index (χ3n) is 2.94. The Balaban J connectivity index is 2.63. The summed E-state index contributed by atoms with van der Waals surface area (Å²) in [6.07, 6.45) is 0. The molecular formula is C18H18O2Si. The monoisotopic (exact) mass is 294 g/mol. The van der Waals surface area contributed by atoms with Gasteiger partial charge in [-0.15, -0.1) is 5.54 Å². The molecule has 0 unspecified atom stereocenters. The smallest absolute Gasteiger partial charge is 0.337 e. The van der Waals surface area contributed by atoms with Crippen LogP contribution in [0.15, 0.2) is 48.5 Å². The van der Waals surface area contributed by atoms with Crippen LogP contribution in [0, 0.1) is 11.5 Å². The zero-order valence-corrected chi connectivity index (χ0v) is 13.5. The number of hydrogen-bond acceptors (Lipinski definition) is 1. The Kier molecular flexibility index (Phi) is 4.30. The SMILES string of the molecule is C[Si](C)(C)C#Cc1cccc(-c2ccccc2)c1C(=O)O. The zero-order valence-electron chi connectivity index (χ0n) is 12.5. The molecule has 106 valence electrons. The average molecular weight is 294 g/mol. The molecule has 0 bridgehead atoms. The lowest BCUT2D eigenvalue weighted by molar-refractivity contribution is 0.0697. The van der Waals surface area contributed by atoms with Crippen LogP contribution in [-0.4, -0.2) is 19.1 Å². The van der Waals surface area contributed by atoms with Crippen molar-refractivity contribution in [1.29, 1.82) is 0 Å². The number of benzene rings is 2. The Morgan fingerprint density at radius 2 is 1.67 bits per heavy atom. The maximum Gasteiger partial charge on any atom is 0.337 e. The van der Waals surface area contributed by atoms with Crippen molar-refractivity contribution in [3.63, 3.8) is 0 Å². The number of carboxylic acid groups (broad SMARTS) is 1. The number of hydrogen-bond donors (Lipinski definition) is 1. The van der Waals surface area contributed by atoms with Crippen molar-refractivity contribution >= 4 is 14.0 Å². The fourth-order valence-corrected chi connectivity index (χ4v) is 2.51. The number of rotatable bonds is 2. The van der Waals surface area contributed by atoms with Crippen molar-refractivity contribution in [2.45, 2.75) is 19.6 Å². The molecule has 21 heavy (non-hydrogen) atoms. The molecule has 0 heterocycles. The maximum absolute atomic E-state index is 11.7. The van der Waals surface area contributed by atoms with E-state index in [0.717, 1.165) is 5.56 Å². The Hall–Kier alpha value is -2.31. The minimum Gasteiger partial charge on any atom is -0.478 e. The minimum atomic E-state index is -1.55. The summed E-state index contributed by atoms with van der Waals surface area (Å²) in [5.41, 5.74) is 5.72. The number of carbonyl (C=O) groups is 1. The van der Waals surface area contributed by atoms with Gasteiger partial charge in [0.2, 0.25) is 0 Å². The van der Waals surface area contributed by atoms with Gasteiger partial charge in [-0.1, -0.05) is 68.0 Å². The molecule has 0 atom stereocenters. The molecule has 2 nitrogen and oxygen atoms in total. The second-order valence-corrected chi connectivity index (χ2v) is 10.6. The van der Waals surface area contributed by atoms with Crippen LogP contribution in [0.2, 0.25) is 19.6 Å². The summed E-state index contributed by atoms with van der Waals surface area (Å²) < 4.78 is 0. The van der Waals surface area contributed by atoms with Crippen molar-refractivity contribution in [3.05, 3.63) is 59.7 Å². The molecule has 3 heteroatoms. The Morgan fingerprint density at radius 3 is 2.24 bits per heavy atom. The molecule has 0 aliphatic carbocycles. The summed E-state index contributed by atoms with van der Waals surface area (Å²) in [6.45, 7) is 6.42. The van der Waals surface area contributed by atoms with Gasteiger partial charge in [0.25, 0.3) is 0 Å². The molecule has 2 aromatic rings. The van der Waals surface area contributed by atoms with Gasteiger partial charge in [-0.2, -0.15) is 0 Å². The predicted molar refractivity (Wildman–Crippen MR) is 89.1 cm³/mol. The Morgan fingerprint density at radius 1 is 1.00 bits per heavy atom. The van der Waals surface area contributed by atoms with E-state index in [1.165, 1.54) is 0 Å². The predicted octanol–water partition coefficient (Wildman–Crippen LogP) is 4.28. The summed E-state index contributed by atoms with van der Waals surface area (Å²) in [5.74, 6) is 2.14. The minimum absolute atomic E-state index is 0.287. The molecule has 2 rings (SSSR count). The Labute approximate surface area is 126 Å². The summed E-state index contributed by atoms with van der Waals surface area (Å²) in [7, 11) is -1.55. The van der Waals surface area contributed by atoms with Gasteiger partial charge in [-0.25, -0.2) is 4.79 Å². The highest BCUT2D eigenvalue weighted by Gasteiger charge is 2.16. The van der Waals surface area contributed by atoms with E-state index in [0.29, 0.717) is 11.1 Å². The van der Waals surface area contributed by atoms with Crippen LogP contribution in [-0.2, 0) is 0 Å². The second-order valence-electron chi connectivity index (χ2n) is 5.90. The van der Waals surface area contributed by atoms with Gasteiger partial charge in [0.05, 0.1) is 5.56 Å². The van der Waals surface area contributed by atoms with E-state index in [4.69, 9.17) is 0 Å². The zero-order chi connectivity index (χ0) is 15.5. The van der Waals surface area contributed by atoms with Crippen molar-refractivity contribution in [3.8, 4) is 22.6 Å². The molecule has 0 fully saturated rings. The summed E-state index contributed by atoms with van der Waals surface area (Å²) in [5, 5.41) is 9.58. The van der Waals surface area contributed by atoms with Gasteiger partial charge in [0.15, 0.2) is 0 Å². The van der Waals surface area contributed by atoms with E-state index in [9.17, 15) is 9.90 Å². The first-order valence-electron chi connectivity index (χ1n) is 6.83. The molecule has 0 saturated carbocycles. The first kappa shape index (κ1) is 15.1. The summed E-state index contributed by atoms with van der Waals surface area (Å²) >= 11 is 0. The van der Waals surface area contributed by atoms with Crippen LogP contribution >= 0.6 is 0 Å². The molecule has 2 aromatic carbocycles. The molecule has 0 spiro atoms. The van der Waals surface area contributed by atoms with E-state index in [1.54, 1.807) is 6.07 Å². The number of carboxylic acids is 1. The molecule has 0 aromatic heterocycles. The molecule has 0 radical (unpaired) electrons. The number of aromatic carboxylic acids is 1. The molecule has 0 saturated heterocycles. The fourth-order valence-electron chi connectivity index (χ4n) is 2.00. The molecule has 0 amide bonds. The van der Waals surface area contributed by atoms with E-state index in [-0.39, 0.29) is 5.56 Å². The van der Waals surface area contributed by atoms with Crippen LogP contribution in [0.25, 0.3) is 11.1 Å². The highest BCUT2D eigenvalue weighted by atomic mass is 28.3. The molecule has 1 N–H and O–H groups in total. The second kappa shape index (κ2) is 5.98. The summed E-state index contributed by atoms with van der Waals surface area (Å²) in [6, 6.07) is 15.0. The molecular weight excluding hydrogens is 276 g/mol. The largest absolute Gasteiger partial charge is 0.478 e. The third-order valence-corrected chi connectivity index (χ3v) is 3.81. The van der Waals surface area contributed by atoms with Gasteiger partial charge < -0.3 is 5.11 Å². The third kappa shape index (κ3) is 3.84. The maximum atomic E-state index is 11.7. The van der Waals surface area contributed by atoms with Crippen molar-refractivity contribution in [2.24, 2.45) is 0 Å². The fraction of sp³-hybridized carbons (Fsp3) is 0.167. The topological polar surface area (TPSA) is 37.3 Å². The van der Waals surface area contributed by atoms with Crippen LogP contribution in [0.3, 0.4) is 0 Å². The molecule has 0 aliphatic heterocycles. The first-order valence-corrected chi connectivity index (χ1v) is 10.3. The van der Waals surface area contributed by atoms with Gasteiger partial charge in [0, 0.05) is 5.56 Å². The van der Waals surface area contributed by atoms with E-state index in [1.807, 2.05) is 42.5 Å². The van der Waals surface area contributed by atoms with Crippen LogP contribution in [0.5, 0.6) is 0 Å². The quantitative estimate of drug-likeness (QED) is 0.663. The van der Waals surface area contributed by atoms with E-state index in [2.05, 4.69) is 31.1 Å². The van der Waals surface area contributed by atoms with Crippen LogP contribution < -0.4 is 0 Å². The standard InChI is InChI=1S/C18H18O2Si/c1-21(2,3)13-12-15-10-7-11-16(17(15)18(19)20)14-8-5-4-6-9-14/h4-11H,1-3H3,(H,19,20). The Bertz CT molecular complexity index is 716. The van der Waals surface area contributed by atoms with Crippen LogP contribution in [0.1, 0.15) is 15.9 Å². The van der Waals surface area contributed by atoms with Crippen molar-refractivity contribution < 1.29 is 9.90 Å². The van der Waals surface area contributed by atoms with Crippen molar-refractivity contribution in [2.75, 3.05) is 0 Å². The highest BCUT2D eigenvalue weighted by Crippen LogP contribution is 2.26. The van der Waals surface area contributed by atoms with E-state index >= 15 is 0 Å². The lowest BCUT2D eigenvalue weighted by Crippen LogP contribution is -2.16. The van der Waals surface area contributed by atoms with Crippen molar-refractivity contribution in [1.82, 2.24) is 0 Å². The first-order chi connectivity index (χ1) is 9.88. The molecule has 0 aliphatic rings. The highest BCUT2D eigenvalue weighted by molar-refractivity contribution is 6.83. The van der Waals surface area contributed by atoms with Gasteiger partial charge >= 0.3 is 5.97 Å². The van der Waals surface area contributed by atoms with Gasteiger partial charge in [-0.05, 0) is 17.2 Å². The summed E-state index contributed by atoms with van der Waals surface area (Å²) in [4.78, 5) is 11.7. The van der Waals surface area contributed by atoms with Gasteiger partial charge in [-0.3, -0.25) is 0 Å².